The number of carbonyl (C=O) groups excluding carboxylic acids is 2. The molecule has 3 amide bonds. The molecule has 3 aliphatic rings. The molecule has 0 radical (unpaired) electrons. The second kappa shape index (κ2) is 10.8. The summed E-state index contributed by atoms with van der Waals surface area (Å²) >= 11 is 0. The molecule has 8 nitrogen and oxygen atoms in total. The SMILES string of the molecule is O=C(Nc1cc(C2CCN(Cc3ccccc3)C2)ccn1)Nc1cccc2c1C1OC[C@@H](c3ccccc3)N1C2=O. The topological polar surface area (TPSA) is 86.8 Å². The van der Waals surface area contributed by atoms with Gasteiger partial charge >= 0.3 is 6.03 Å². The number of pyridine rings is 1. The van der Waals surface area contributed by atoms with E-state index >= 15 is 0 Å². The van der Waals surface area contributed by atoms with Crippen LogP contribution in [0, 0.1) is 0 Å². The number of anilines is 2. The number of nitrogens with one attached hydrogen (secondary N) is 2. The second-order valence-electron chi connectivity index (χ2n) is 10.9. The van der Waals surface area contributed by atoms with E-state index < -0.39 is 12.3 Å². The number of benzene rings is 3. The van der Waals surface area contributed by atoms with Crippen molar-refractivity contribution in [3.63, 3.8) is 0 Å². The maximum Gasteiger partial charge on any atom is 0.324 e. The Labute approximate surface area is 239 Å². The Kier molecular flexibility index (Phi) is 6.70. The van der Waals surface area contributed by atoms with Gasteiger partial charge in [0.15, 0.2) is 6.23 Å². The van der Waals surface area contributed by atoms with Crippen molar-refractivity contribution in [3.05, 3.63) is 125 Å². The lowest BCUT2D eigenvalue weighted by molar-refractivity contribution is 0.0355. The number of nitrogens with zero attached hydrogens (tertiary/aromatic N) is 3. The highest BCUT2D eigenvalue weighted by Gasteiger charge is 2.48. The van der Waals surface area contributed by atoms with Crippen LogP contribution in [0.15, 0.2) is 97.2 Å². The molecule has 0 aliphatic carbocycles. The molecule has 4 heterocycles. The van der Waals surface area contributed by atoms with E-state index in [1.807, 2.05) is 48.5 Å². The van der Waals surface area contributed by atoms with Crippen LogP contribution < -0.4 is 10.6 Å². The summed E-state index contributed by atoms with van der Waals surface area (Å²) in [7, 11) is 0. The molecular formula is C33H31N5O3. The van der Waals surface area contributed by atoms with Gasteiger partial charge in [0.1, 0.15) is 5.82 Å². The highest BCUT2D eigenvalue weighted by molar-refractivity contribution is 6.05. The average Bonchev–Trinajstić information content (AvgIpc) is 3.71. The summed E-state index contributed by atoms with van der Waals surface area (Å²) < 4.78 is 6.12. The summed E-state index contributed by atoms with van der Waals surface area (Å²) in [6.45, 7) is 3.35. The minimum Gasteiger partial charge on any atom is -0.351 e. The Balaban J connectivity index is 1.03. The quantitative estimate of drug-likeness (QED) is 0.313. The molecule has 41 heavy (non-hydrogen) atoms. The number of carbonyl (C=O) groups is 2. The first-order chi connectivity index (χ1) is 20.1. The third-order valence-corrected chi connectivity index (χ3v) is 8.27. The van der Waals surface area contributed by atoms with E-state index in [0.29, 0.717) is 35.2 Å². The number of likely N-dealkylation sites (tertiary alicyclic amines) is 1. The summed E-state index contributed by atoms with van der Waals surface area (Å²) in [6.07, 6.45) is 2.27. The van der Waals surface area contributed by atoms with Gasteiger partial charge in [-0.25, -0.2) is 9.78 Å². The summed E-state index contributed by atoms with van der Waals surface area (Å²) in [5.74, 6) is 0.789. The molecule has 206 valence electrons. The highest BCUT2D eigenvalue weighted by atomic mass is 16.5. The van der Waals surface area contributed by atoms with E-state index in [-0.39, 0.29) is 11.9 Å². The van der Waals surface area contributed by atoms with E-state index in [2.05, 4.69) is 44.8 Å². The van der Waals surface area contributed by atoms with Gasteiger partial charge in [-0.15, -0.1) is 0 Å². The van der Waals surface area contributed by atoms with Crippen molar-refractivity contribution < 1.29 is 14.3 Å². The van der Waals surface area contributed by atoms with Crippen molar-refractivity contribution in [1.29, 1.82) is 0 Å². The van der Waals surface area contributed by atoms with Crippen molar-refractivity contribution in [1.82, 2.24) is 14.8 Å². The zero-order chi connectivity index (χ0) is 27.8. The number of hydrogen-bond donors (Lipinski definition) is 2. The van der Waals surface area contributed by atoms with Crippen LogP contribution >= 0.6 is 0 Å². The largest absolute Gasteiger partial charge is 0.351 e. The predicted octanol–water partition coefficient (Wildman–Crippen LogP) is 5.94. The van der Waals surface area contributed by atoms with Gasteiger partial charge in [0, 0.05) is 30.4 Å². The van der Waals surface area contributed by atoms with Gasteiger partial charge in [-0.1, -0.05) is 66.7 Å². The number of amides is 3. The van der Waals surface area contributed by atoms with Gasteiger partial charge in [-0.3, -0.25) is 19.9 Å². The average molecular weight is 546 g/mol. The van der Waals surface area contributed by atoms with Crippen LogP contribution in [0.2, 0.25) is 0 Å². The molecule has 4 aromatic rings. The van der Waals surface area contributed by atoms with Crippen molar-refractivity contribution >= 4 is 23.4 Å². The molecular weight excluding hydrogens is 514 g/mol. The predicted molar refractivity (Wildman–Crippen MR) is 156 cm³/mol. The lowest BCUT2D eigenvalue weighted by Gasteiger charge is -2.22. The van der Waals surface area contributed by atoms with Crippen molar-refractivity contribution in [2.24, 2.45) is 0 Å². The number of fused-ring (bicyclic) bond motifs is 3. The van der Waals surface area contributed by atoms with E-state index in [0.717, 1.165) is 31.6 Å². The minimum atomic E-state index is -0.540. The highest BCUT2D eigenvalue weighted by Crippen LogP contribution is 2.48. The number of rotatable bonds is 6. The van der Waals surface area contributed by atoms with Crippen LogP contribution in [-0.4, -0.2) is 46.4 Å². The molecule has 1 aromatic heterocycles. The van der Waals surface area contributed by atoms with Crippen LogP contribution in [0.5, 0.6) is 0 Å². The maximum atomic E-state index is 13.4. The van der Waals surface area contributed by atoms with Crippen LogP contribution in [0.1, 0.15) is 57.2 Å². The molecule has 2 N–H and O–H groups in total. The molecule has 8 heteroatoms. The molecule has 2 unspecified atom stereocenters. The molecule has 2 fully saturated rings. The zero-order valence-corrected chi connectivity index (χ0v) is 22.6. The maximum absolute atomic E-state index is 13.4. The summed E-state index contributed by atoms with van der Waals surface area (Å²) in [4.78, 5) is 35.1. The lowest BCUT2D eigenvalue weighted by atomic mass is 9.99. The monoisotopic (exact) mass is 545 g/mol. The smallest absolute Gasteiger partial charge is 0.324 e. The van der Waals surface area contributed by atoms with Gasteiger partial charge in [-0.05, 0) is 59.8 Å². The van der Waals surface area contributed by atoms with Crippen LogP contribution in [0.3, 0.4) is 0 Å². The number of hydrogen-bond acceptors (Lipinski definition) is 5. The van der Waals surface area contributed by atoms with E-state index in [1.54, 1.807) is 29.3 Å². The van der Waals surface area contributed by atoms with Crippen LogP contribution in [-0.2, 0) is 11.3 Å². The molecule has 3 aliphatic heterocycles. The van der Waals surface area contributed by atoms with E-state index in [4.69, 9.17) is 4.74 Å². The first-order valence-electron chi connectivity index (χ1n) is 14.1. The second-order valence-corrected chi connectivity index (χ2v) is 10.9. The van der Waals surface area contributed by atoms with Crippen molar-refractivity contribution in [2.45, 2.75) is 31.2 Å². The molecule has 0 saturated carbocycles. The number of urea groups is 1. The van der Waals surface area contributed by atoms with Gasteiger partial charge in [0.25, 0.3) is 5.91 Å². The molecule has 0 bridgehead atoms. The third-order valence-electron chi connectivity index (χ3n) is 8.27. The van der Waals surface area contributed by atoms with Crippen LogP contribution in [0.25, 0.3) is 0 Å². The van der Waals surface area contributed by atoms with Crippen molar-refractivity contribution in [2.75, 3.05) is 30.3 Å². The number of ether oxygens (including phenoxy) is 1. The first kappa shape index (κ1) is 25.4. The summed E-state index contributed by atoms with van der Waals surface area (Å²) in [5.41, 5.74) is 5.31. The molecule has 7 rings (SSSR count). The van der Waals surface area contributed by atoms with E-state index in [1.165, 1.54) is 11.1 Å². The van der Waals surface area contributed by atoms with Crippen molar-refractivity contribution in [3.8, 4) is 0 Å². The Morgan fingerprint density at radius 1 is 0.927 bits per heavy atom. The Bertz CT molecular complexity index is 1580. The summed E-state index contributed by atoms with van der Waals surface area (Å²) in [5, 5.41) is 5.83. The zero-order valence-electron chi connectivity index (χ0n) is 22.6. The Morgan fingerprint density at radius 3 is 2.56 bits per heavy atom. The Morgan fingerprint density at radius 2 is 1.73 bits per heavy atom. The number of aromatic nitrogens is 1. The normalized spacial score (nSPS) is 21.5. The third kappa shape index (κ3) is 4.96. The van der Waals surface area contributed by atoms with Gasteiger partial charge in [0.05, 0.1) is 18.3 Å². The van der Waals surface area contributed by atoms with Crippen LogP contribution in [0.4, 0.5) is 16.3 Å². The first-order valence-corrected chi connectivity index (χ1v) is 14.1. The fraction of sp³-hybridized carbons (Fsp3) is 0.242. The fourth-order valence-corrected chi connectivity index (χ4v) is 6.30. The van der Waals surface area contributed by atoms with Gasteiger partial charge < -0.3 is 10.1 Å². The van der Waals surface area contributed by atoms with Gasteiger partial charge in [-0.2, -0.15) is 0 Å². The standard InChI is InChI=1S/C33H31N5O3/c39-31-26-12-7-13-27(30(26)32-38(31)28(21-41-32)23-10-5-2-6-11-23)35-33(40)36-29-18-24(14-16-34-29)25-15-17-37(20-25)19-22-8-3-1-4-9-22/h1-14,16,18,25,28,32H,15,17,19-21H2,(H2,34,35,36,40)/t25?,28-,32?/m0/s1. The molecule has 0 spiro atoms. The molecule has 3 atom stereocenters. The summed E-state index contributed by atoms with van der Waals surface area (Å²) in [6, 6.07) is 29.2. The fourth-order valence-electron chi connectivity index (χ4n) is 6.30. The van der Waals surface area contributed by atoms with E-state index in [9.17, 15) is 9.59 Å². The molecule has 2 saturated heterocycles. The minimum absolute atomic E-state index is 0.0901. The van der Waals surface area contributed by atoms with Gasteiger partial charge in [0.2, 0.25) is 0 Å². The molecule has 3 aromatic carbocycles. The lowest BCUT2D eigenvalue weighted by Crippen LogP contribution is -2.27. The Hall–Kier alpha value is -4.53.